The number of allylic oxidation sites excluding steroid dienone is 5. The van der Waals surface area contributed by atoms with E-state index in [9.17, 15) is 9.59 Å². The summed E-state index contributed by atoms with van der Waals surface area (Å²) < 4.78 is 20.6. The lowest BCUT2D eigenvalue weighted by molar-refractivity contribution is -0.138. The first kappa shape index (κ1) is 25.5. The Morgan fingerprint density at radius 1 is 1.35 bits per heavy atom. The molecule has 8 nitrogen and oxygen atoms in total. The molecule has 10 heteroatoms. The zero-order valence-corrected chi connectivity index (χ0v) is 21.9. The van der Waals surface area contributed by atoms with Crippen molar-refractivity contribution in [2.24, 2.45) is 16.8 Å². The molecule has 2 unspecified atom stereocenters. The third-order valence-corrected chi connectivity index (χ3v) is 8.19. The number of esters is 1. The topological polar surface area (TPSA) is 95.9 Å². The third kappa shape index (κ3) is 5.17. The van der Waals surface area contributed by atoms with Gasteiger partial charge < -0.3 is 15.4 Å². The van der Waals surface area contributed by atoms with Crippen molar-refractivity contribution in [3.05, 3.63) is 63.1 Å². The van der Waals surface area contributed by atoms with Crippen molar-refractivity contribution in [3.63, 3.8) is 0 Å². The highest BCUT2D eigenvalue weighted by atomic mass is 32.1. The maximum Gasteiger partial charge on any atom is 0.338 e. The van der Waals surface area contributed by atoms with Crippen molar-refractivity contribution in [1.29, 1.82) is 0 Å². The average Bonchev–Trinajstić information content (AvgIpc) is 3.51. The van der Waals surface area contributed by atoms with Crippen LogP contribution in [-0.2, 0) is 14.3 Å². The molecule has 1 aliphatic carbocycles. The molecule has 4 heterocycles. The van der Waals surface area contributed by atoms with Crippen LogP contribution in [-0.4, -0.2) is 66.4 Å². The summed E-state index contributed by atoms with van der Waals surface area (Å²) in [6, 6.07) is -0.696. The minimum Gasteiger partial charge on any atom is -0.463 e. The van der Waals surface area contributed by atoms with Crippen molar-refractivity contribution in [2.75, 3.05) is 32.8 Å². The number of nitrogens with zero attached hydrogens (tertiary/aromatic N) is 3. The van der Waals surface area contributed by atoms with Crippen LogP contribution in [0.5, 0.6) is 0 Å². The van der Waals surface area contributed by atoms with E-state index in [1.54, 1.807) is 19.2 Å². The smallest absolute Gasteiger partial charge is 0.338 e. The van der Waals surface area contributed by atoms with Crippen LogP contribution in [0.1, 0.15) is 38.1 Å². The summed E-state index contributed by atoms with van der Waals surface area (Å²) in [5.74, 6) is 0.252. The molecule has 1 aromatic heterocycles. The number of carbonyl (C=O) groups is 2. The van der Waals surface area contributed by atoms with Crippen molar-refractivity contribution in [3.8, 4) is 0 Å². The van der Waals surface area contributed by atoms with Crippen molar-refractivity contribution in [1.82, 2.24) is 20.5 Å². The molecule has 0 aromatic carbocycles. The summed E-state index contributed by atoms with van der Waals surface area (Å²) in [6.45, 7) is 6.55. The van der Waals surface area contributed by atoms with Crippen LogP contribution < -0.4 is 10.6 Å². The quantitative estimate of drug-likeness (QED) is 0.531. The van der Waals surface area contributed by atoms with Gasteiger partial charge in [0.1, 0.15) is 11.9 Å². The number of aliphatic imine (C=N–C) groups is 1. The Labute approximate surface area is 220 Å². The van der Waals surface area contributed by atoms with Gasteiger partial charge in [0.15, 0.2) is 10.8 Å². The summed E-state index contributed by atoms with van der Waals surface area (Å²) in [6.07, 6.45) is 8.52. The Bertz CT molecular complexity index is 1220. The number of carbonyl (C=O) groups excluding carboxylic acids is 2. The number of hydrogen-bond donors (Lipinski definition) is 2. The second-order valence-corrected chi connectivity index (χ2v) is 10.5. The monoisotopic (exact) mass is 525 g/mol. The number of nitrogens with one attached hydrogen (secondary N) is 2. The minimum absolute atomic E-state index is 0.0547. The van der Waals surface area contributed by atoms with Crippen LogP contribution >= 0.6 is 11.3 Å². The first-order valence-corrected chi connectivity index (χ1v) is 13.8. The molecular weight excluding hydrogens is 493 g/mol. The van der Waals surface area contributed by atoms with Crippen LogP contribution in [0, 0.1) is 11.8 Å². The Morgan fingerprint density at radius 2 is 2.22 bits per heavy atom. The molecule has 0 bridgehead atoms. The lowest BCUT2D eigenvalue weighted by atomic mass is 9.87. The molecule has 37 heavy (non-hydrogen) atoms. The molecule has 2 fully saturated rings. The highest BCUT2D eigenvalue weighted by Gasteiger charge is 2.40. The zero-order valence-electron chi connectivity index (χ0n) is 21.1. The van der Waals surface area contributed by atoms with E-state index in [0.717, 1.165) is 25.1 Å². The average molecular weight is 526 g/mol. The number of ether oxygens (including phenoxy) is 1. The molecule has 4 aliphatic rings. The Morgan fingerprint density at radius 3 is 2.97 bits per heavy atom. The van der Waals surface area contributed by atoms with E-state index >= 15 is 4.39 Å². The van der Waals surface area contributed by atoms with Gasteiger partial charge >= 0.3 is 5.97 Å². The summed E-state index contributed by atoms with van der Waals surface area (Å²) >= 11 is 1.45. The minimum atomic E-state index is -0.696. The number of fused-ring (bicyclic) bond motifs is 1. The number of likely N-dealkylation sites (tertiary alicyclic amines) is 1. The maximum absolute atomic E-state index is 15.1. The number of piperidine rings is 1. The molecule has 2 saturated heterocycles. The number of thiazole rings is 1. The van der Waals surface area contributed by atoms with Gasteiger partial charge in [-0.2, -0.15) is 0 Å². The highest BCUT2D eigenvalue weighted by Crippen LogP contribution is 2.35. The largest absolute Gasteiger partial charge is 0.463 e. The van der Waals surface area contributed by atoms with Gasteiger partial charge in [-0.1, -0.05) is 19.1 Å². The van der Waals surface area contributed by atoms with E-state index in [1.807, 2.05) is 18.4 Å². The molecule has 0 saturated carbocycles. The third-order valence-electron chi connectivity index (χ3n) is 7.41. The number of amides is 1. The lowest BCUT2D eigenvalue weighted by Crippen LogP contribution is -2.46. The van der Waals surface area contributed by atoms with Crippen LogP contribution in [0.15, 0.2) is 63.0 Å². The number of rotatable bonds is 7. The number of hydrogen-bond acceptors (Lipinski definition) is 8. The van der Waals surface area contributed by atoms with Crippen LogP contribution in [0.4, 0.5) is 4.39 Å². The molecule has 2 N–H and O–H groups in total. The van der Waals surface area contributed by atoms with Crippen molar-refractivity contribution >= 4 is 29.0 Å². The first-order valence-electron chi connectivity index (χ1n) is 12.9. The summed E-state index contributed by atoms with van der Waals surface area (Å²) in [4.78, 5) is 37.3. The predicted octanol–water partition coefficient (Wildman–Crippen LogP) is 3.27. The maximum atomic E-state index is 15.1. The van der Waals surface area contributed by atoms with Gasteiger partial charge in [0.25, 0.3) is 0 Å². The van der Waals surface area contributed by atoms with E-state index in [0.29, 0.717) is 53.6 Å². The molecule has 3 aliphatic heterocycles. The molecule has 0 radical (unpaired) electrons. The fourth-order valence-corrected chi connectivity index (χ4v) is 6.25. The lowest BCUT2D eigenvalue weighted by Gasteiger charge is -2.36. The van der Waals surface area contributed by atoms with E-state index in [-0.39, 0.29) is 30.2 Å². The molecule has 196 valence electrons. The van der Waals surface area contributed by atoms with Gasteiger partial charge in [0.05, 0.1) is 12.2 Å². The normalized spacial score (nSPS) is 26.2. The van der Waals surface area contributed by atoms with Crippen molar-refractivity contribution in [2.45, 2.75) is 39.2 Å². The SMILES string of the molecule is CCOC(=O)C1=C(CN2CCC3C(=O)NCC3C2)NC(c2nccs2)=N[C@H]1C1=C(CC)C(F)=CC=CC1. The standard InChI is InChI=1S/C27H32FN5O3S/c1-3-17-19(7-5-6-8-20(17)28)23-22(27(35)36-4-2)21(31-24(32-23)26-29-10-12-37-26)15-33-11-9-18-16(14-33)13-30-25(18)34/h5-6,8,10,12,16,18,23H,3-4,7,9,11,13-15H2,1-2H3,(H,30,34)(H,31,32)/t16?,18?,23-/m0/s1. The number of amidine groups is 1. The first-order chi connectivity index (χ1) is 18.0. The van der Waals surface area contributed by atoms with Gasteiger partial charge in [-0.3, -0.25) is 14.7 Å². The Kier molecular flexibility index (Phi) is 7.66. The van der Waals surface area contributed by atoms with E-state index in [1.165, 1.54) is 17.4 Å². The van der Waals surface area contributed by atoms with Gasteiger partial charge in [-0.15, -0.1) is 11.3 Å². The fraction of sp³-hybridized carbons (Fsp3) is 0.481. The molecule has 1 amide bonds. The molecule has 1 aromatic rings. The summed E-state index contributed by atoms with van der Waals surface area (Å²) in [5, 5.41) is 8.95. The van der Waals surface area contributed by atoms with Crippen LogP contribution in [0.3, 0.4) is 0 Å². The summed E-state index contributed by atoms with van der Waals surface area (Å²) in [5.41, 5.74) is 2.43. The number of aromatic nitrogens is 1. The van der Waals surface area contributed by atoms with E-state index < -0.39 is 12.0 Å². The summed E-state index contributed by atoms with van der Waals surface area (Å²) in [7, 11) is 0. The Hall–Kier alpha value is -3.11. The Balaban J connectivity index is 1.57. The zero-order chi connectivity index (χ0) is 25.9. The van der Waals surface area contributed by atoms with Crippen molar-refractivity contribution < 1.29 is 18.7 Å². The molecular formula is C27H32FN5O3S. The van der Waals surface area contributed by atoms with Crippen LogP contribution in [0.25, 0.3) is 0 Å². The van der Waals surface area contributed by atoms with E-state index in [4.69, 9.17) is 9.73 Å². The second-order valence-electron chi connectivity index (χ2n) is 9.59. The second kappa shape index (κ2) is 11.1. The van der Waals surface area contributed by atoms with Gasteiger partial charge in [-0.05, 0) is 50.0 Å². The van der Waals surface area contributed by atoms with Gasteiger partial charge in [0.2, 0.25) is 5.91 Å². The fourth-order valence-electron chi connectivity index (χ4n) is 5.66. The number of halogens is 1. The molecule has 0 spiro atoms. The highest BCUT2D eigenvalue weighted by molar-refractivity contribution is 7.11. The van der Waals surface area contributed by atoms with Gasteiger partial charge in [-0.25, -0.2) is 14.2 Å². The molecule has 5 rings (SSSR count). The molecule has 3 atom stereocenters. The predicted molar refractivity (Wildman–Crippen MR) is 141 cm³/mol. The van der Waals surface area contributed by atoms with Crippen LogP contribution in [0.2, 0.25) is 0 Å². The van der Waals surface area contributed by atoms with E-state index in [2.05, 4.69) is 20.5 Å². The van der Waals surface area contributed by atoms with Gasteiger partial charge in [0, 0.05) is 48.7 Å².